The molecule has 17 heavy (non-hydrogen) atoms. The molecule has 2 unspecified atom stereocenters. The fourth-order valence-corrected chi connectivity index (χ4v) is 2.25. The van der Waals surface area contributed by atoms with Crippen LogP contribution in [-0.4, -0.2) is 38.0 Å². The molecule has 3 heteroatoms. The largest absolute Gasteiger partial charge is 0.379 e. The van der Waals surface area contributed by atoms with Crippen LogP contribution < -0.4 is 5.32 Å². The Morgan fingerprint density at radius 2 is 2.06 bits per heavy atom. The zero-order valence-electron chi connectivity index (χ0n) is 11.9. The van der Waals surface area contributed by atoms with Gasteiger partial charge >= 0.3 is 0 Å². The molecule has 102 valence electrons. The first-order valence-electron chi connectivity index (χ1n) is 6.99. The first kappa shape index (κ1) is 14.9. The van der Waals surface area contributed by atoms with Crippen molar-refractivity contribution in [1.82, 2.24) is 5.32 Å². The lowest BCUT2D eigenvalue weighted by atomic mass is 10.1. The van der Waals surface area contributed by atoms with Gasteiger partial charge in [-0.3, -0.25) is 0 Å². The van der Waals surface area contributed by atoms with Crippen LogP contribution in [0.3, 0.4) is 0 Å². The fourth-order valence-electron chi connectivity index (χ4n) is 2.25. The molecular weight excluding hydrogens is 214 g/mol. The van der Waals surface area contributed by atoms with Gasteiger partial charge in [-0.2, -0.15) is 0 Å². The highest BCUT2D eigenvalue weighted by atomic mass is 16.5. The summed E-state index contributed by atoms with van der Waals surface area (Å²) in [6.45, 7) is 8.33. The molecule has 0 saturated heterocycles. The van der Waals surface area contributed by atoms with Crippen molar-refractivity contribution >= 4 is 0 Å². The minimum absolute atomic E-state index is 0.0645. The van der Waals surface area contributed by atoms with Crippen LogP contribution in [-0.2, 0) is 9.47 Å². The second-order valence-electron chi connectivity index (χ2n) is 5.61. The molecule has 0 heterocycles. The Kier molecular flexibility index (Phi) is 6.45. The van der Waals surface area contributed by atoms with E-state index in [-0.39, 0.29) is 5.60 Å². The molecule has 0 spiro atoms. The average molecular weight is 243 g/mol. The van der Waals surface area contributed by atoms with E-state index < -0.39 is 0 Å². The van der Waals surface area contributed by atoms with E-state index in [2.05, 4.69) is 26.1 Å². The minimum Gasteiger partial charge on any atom is -0.379 e. The van der Waals surface area contributed by atoms with Gasteiger partial charge in [0.1, 0.15) is 0 Å². The van der Waals surface area contributed by atoms with E-state index >= 15 is 0 Å². The summed E-state index contributed by atoms with van der Waals surface area (Å²) in [5, 5.41) is 3.59. The number of hydrogen-bond donors (Lipinski definition) is 1. The third kappa shape index (κ3) is 5.36. The molecule has 0 radical (unpaired) electrons. The Labute approximate surface area is 106 Å². The van der Waals surface area contributed by atoms with Crippen LogP contribution in [0.2, 0.25) is 0 Å². The van der Waals surface area contributed by atoms with E-state index in [0.29, 0.717) is 12.1 Å². The van der Waals surface area contributed by atoms with Gasteiger partial charge < -0.3 is 14.8 Å². The predicted octanol–water partition coefficient (Wildman–Crippen LogP) is 2.74. The van der Waals surface area contributed by atoms with Crippen molar-refractivity contribution in [2.75, 3.05) is 20.3 Å². The summed E-state index contributed by atoms with van der Waals surface area (Å²) >= 11 is 0. The predicted molar refractivity (Wildman–Crippen MR) is 71.4 cm³/mol. The lowest BCUT2D eigenvalue weighted by Gasteiger charge is -2.26. The van der Waals surface area contributed by atoms with E-state index in [9.17, 15) is 0 Å². The number of rotatable bonds is 8. The Morgan fingerprint density at radius 1 is 1.29 bits per heavy atom. The molecule has 1 rings (SSSR count). The molecule has 2 atom stereocenters. The van der Waals surface area contributed by atoms with Crippen LogP contribution >= 0.6 is 0 Å². The van der Waals surface area contributed by atoms with Gasteiger partial charge in [0.05, 0.1) is 11.7 Å². The van der Waals surface area contributed by atoms with Crippen LogP contribution in [0.1, 0.15) is 52.9 Å². The van der Waals surface area contributed by atoms with Gasteiger partial charge in [-0.05, 0) is 52.5 Å². The van der Waals surface area contributed by atoms with E-state index in [0.717, 1.165) is 19.6 Å². The van der Waals surface area contributed by atoms with Crippen LogP contribution in [0.25, 0.3) is 0 Å². The Morgan fingerprint density at radius 3 is 2.71 bits per heavy atom. The molecule has 3 nitrogen and oxygen atoms in total. The summed E-state index contributed by atoms with van der Waals surface area (Å²) in [4.78, 5) is 0. The van der Waals surface area contributed by atoms with Crippen molar-refractivity contribution in [3.63, 3.8) is 0 Å². The fraction of sp³-hybridized carbons (Fsp3) is 1.00. The summed E-state index contributed by atoms with van der Waals surface area (Å²) < 4.78 is 11.4. The van der Waals surface area contributed by atoms with Crippen molar-refractivity contribution in [2.45, 2.75) is 70.6 Å². The highest BCUT2D eigenvalue weighted by molar-refractivity contribution is 4.84. The number of ether oxygens (including phenoxy) is 2. The van der Waals surface area contributed by atoms with Crippen molar-refractivity contribution in [1.29, 1.82) is 0 Å². The summed E-state index contributed by atoms with van der Waals surface area (Å²) in [5.41, 5.74) is -0.0645. The van der Waals surface area contributed by atoms with Gasteiger partial charge in [-0.15, -0.1) is 0 Å². The first-order chi connectivity index (χ1) is 8.09. The summed E-state index contributed by atoms with van der Waals surface area (Å²) in [6, 6.07) is 0.570. The summed E-state index contributed by atoms with van der Waals surface area (Å²) in [5.74, 6) is 0. The number of methoxy groups -OCH3 is 1. The molecule has 0 bridgehead atoms. The molecular formula is C14H29NO2. The molecule has 0 aromatic rings. The SMILES string of the molecule is CCCNC1CCCC1OCCC(C)(C)OC. The molecule has 0 amide bonds. The molecule has 1 N–H and O–H groups in total. The van der Waals surface area contributed by atoms with Crippen molar-refractivity contribution < 1.29 is 9.47 Å². The molecule has 0 aromatic carbocycles. The summed E-state index contributed by atoms with van der Waals surface area (Å²) in [6.07, 6.45) is 6.32. The van der Waals surface area contributed by atoms with Gasteiger partial charge in [0, 0.05) is 19.8 Å². The van der Waals surface area contributed by atoms with E-state index in [1.165, 1.54) is 25.7 Å². The van der Waals surface area contributed by atoms with Crippen LogP contribution in [0, 0.1) is 0 Å². The van der Waals surface area contributed by atoms with Gasteiger partial charge in [0.2, 0.25) is 0 Å². The highest BCUT2D eigenvalue weighted by Crippen LogP contribution is 2.23. The molecule has 0 aromatic heterocycles. The molecule has 1 fully saturated rings. The third-order valence-electron chi connectivity index (χ3n) is 3.70. The lowest BCUT2D eigenvalue weighted by molar-refractivity contribution is -0.0303. The number of nitrogens with one attached hydrogen (secondary N) is 1. The second kappa shape index (κ2) is 7.34. The van der Waals surface area contributed by atoms with Crippen LogP contribution in [0.15, 0.2) is 0 Å². The standard InChI is InChI=1S/C14H29NO2/c1-5-10-15-12-7-6-8-13(12)17-11-9-14(2,3)16-4/h12-13,15H,5-11H2,1-4H3. The maximum atomic E-state index is 6.01. The van der Waals surface area contributed by atoms with Gasteiger partial charge in [0.25, 0.3) is 0 Å². The quantitative estimate of drug-likeness (QED) is 0.711. The van der Waals surface area contributed by atoms with Crippen LogP contribution in [0.4, 0.5) is 0 Å². The average Bonchev–Trinajstić information content (AvgIpc) is 2.74. The van der Waals surface area contributed by atoms with E-state index in [1.54, 1.807) is 7.11 Å². The second-order valence-corrected chi connectivity index (χ2v) is 5.61. The zero-order valence-corrected chi connectivity index (χ0v) is 11.9. The molecule has 0 aliphatic heterocycles. The van der Waals surface area contributed by atoms with Gasteiger partial charge in [0.15, 0.2) is 0 Å². The minimum atomic E-state index is -0.0645. The lowest BCUT2D eigenvalue weighted by Crippen LogP contribution is -2.38. The molecule has 1 aliphatic carbocycles. The van der Waals surface area contributed by atoms with E-state index in [4.69, 9.17) is 9.47 Å². The Hall–Kier alpha value is -0.120. The third-order valence-corrected chi connectivity index (χ3v) is 3.70. The van der Waals surface area contributed by atoms with Gasteiger partial charge in [-0.25, -0.2) is 0 Å². The summed E-state index contributed by atoms with van der Waals surface area (Å²) in [7, 11) is 1.77. The monoisotopic (exact) mass is 243 g/mol. The maximum absolute atomic E-state index is 6.01. The van der Waals surface area contributed by atoms with Crippen molar-refractivity contribution in [3.8, 4) is 0 Å². The van der Waals surface area contributed by atoms with Crippen molar-refractivity contribution in [2.24, 2.45) is 0 Å². The zero-order chi connectivity index (χ0) is 12.7. The van der Waals surface area contributed by atoms with E-state index in [1.807, 2.05) is 0 Å². The Balaban J connectivity index is 2.21. The topological polar surface area (TPSA) is 30.5 Å². The van der Waals surface area contributed by atoms with Crippen LogP contribution in [0.5, 0.6) is 0 Å². The normalized spacial score (nSPS) is 25.4. The number of hydrogen-bond acceptors (Lipinski definition) is 3. The molecule has 1 aliphatic rings. The first-order valence-corrected chi connectivity index (χ1v) is 6.99. The smallest absolute Gasteiger partial charge is 0.0728 e. The Bertz CT molecular complexity index is 206. The maximum Gasteiger partial charge on any atom is 0.0728 e. The van der Waals surface area contributed by atoms with Gasteiger partial charge in [-0.1, -0.05) is 6.92 Å². The van der Waals surface area contributed by atoms with Crippen molar-refractivity contribution in [3.05, 3.63) is 0 Å². The highest BCUT2D eigenvalue weighted by Gasteiger charge is 2.27. The molecule has 1 saturated carbocycles.